The second-order valence-corrected chi connectivity index (χ2v) is 6.64. The Morgan fingerprint density at radius 1 is 1.00 bits per heavy atom. The number of fused-ring (bicyclic) bond motifs is 5. The molecule has 1 aliphatic heterocycles. The van der Waals surface area contributed by atoms with Crippen molar-refractivity contribution in [2.24, 2.45) is 0 Å². The van der Waals surface area contributed by atoms with E-state index in [0.29, 0.717) is 0 Å². The summed E-state index contributed by atoms with van der Waals surface area (Å²) in [6, 6.07) is 17.4. The minimum Gasteiger partial charge on any atom is -0.722 e. The Hall–Kier alpha value is -1.89. The van der Waals surface area contributed by atoms with E-state index in [0.717, 1.165) is 6.42 Å². The molecule has 0 radical (unpaired) electrons. The number of halogens is 1. The van der Waals surface area contributed by atoms with Crippen LogP contribution in [0.1, 0.15) is 16.7 Å². The van der Waals surface area contributed by atoms with Crippen LogP contribution in [0.5, 0.6) is 0 Å². The van der Waals surface area contributed by atoms with E-state index in [2.05, 4.69) is 54.6 Å². The van der Waals surface area contributed by atoms with Crippen LogP contribution < -0.4 is 0 Å². The zero-order valence-electron chi connectivity index (χ0n) is 11.3. The van der Waals surface area contributed by atoms with Crippen molar-refractivity contribution in [3.63, 3.8) is 0 Å². The van der Waals surface area contributed by atoms with Gasteiger partial charge in [0.05, 0.1) is 5.56 Å². The second-order valence-electron chi connectivity index (χ2n) is 4.80. The summed E-state index contributed by atoms with van der Waals surface area (Å²) in [6.07, 6.45) is 3.43. The van der Waals surface area contributed by atoms with Crippen LogP contribution in [-0.4, -0.2) is 17.8 Å². The molecule has 0 saturated heterocycles. The van der Waals surface area contributed by atoms with Gasteiger partial charge >= 0.3 is 0 Å². The number of hydrogen-bond acceptors (Lipinski definition) is 3. The van der Waals surface area contributed by atoms with E-state index in [1.54, 1.807) is 0 Å². The summed E-state index contributed by atoms with van der Waals surface area (Å²) >= 11 is 1.91. The lowest BCUT2D eigenvalue weighted by Gasteiger charge is -2.10. The molecule has 0 bridgehead atoms. The van der Waals surface area contributed by atoms with Gasteiger partial charge in [-0.15, -0.1) is 3.89 Å². The lowest BCUT2D eigenvalue weighted by molar-refractivity contribution is 0.417. The molecule has 112 valence electrons. The Morgan fingerprint density at radius 2 is 1.59 bits per heavy atom. The van der Waals surface area contributed by atoms with Gasteiger partial charge in [-0.2, -0.15) is 0 Å². The summed E-state index contributed by atoms with van der Waals surface area (Å²) in [5.74, 6) is 0. The Kier molecular flexibility index (Phi) is 3.90. The molecule has 0 spiro atoms. The summed E-state index contributed by atoms with van der Waals surface area (Å²) in [5, 5.41) is 0. The lowest BCUT2D eigenvalue weighted by Crippen LogP contribution is -2.09. The van der Waals surface area contributed by atoms with Crippen LogP contribution in [0.15, 0.2) is 59.5 Å². The van der Waals surface area contributed by atoms with Gasteiger partial charge in [-0.3, -0.25) is 0 Å². The van der Waals surface area contributed by atoms with Crippen molar-refractivity contribution in [3.8, 4) is 0 Å². The van der Waals surface area contributed by atoms with E-state index in [4.69, 9.17) is 13.0 Å². The molecule has 1 aliphatic carbocycles. The van der Waals surface area contributed by atoms with Crippen LogP contribution in [0.4, 0.5) is 3.89 Å². The fourth-order valence-electron chi connectivity index (χ4n) is 2.60. The monoisotopic (exact) mass is 334 g/mol. The molecule has 22 heavy (non-hydrogen) atoms. The predicted octanol–water partition coefficient (Wildman–Crippen LogP) is 2.72. The first kappa shape index (κ1) is 15.0. The Morgan fingerprint density at radius 3 is 2.32 bits per heavy atom. The van der Waals surface area contributed by atoms with Crippen molar-refractivity contribution < 1.29 is 16.9 Å². The van der Waals surface area contributed by atoms with E-state index in [1.807, 2.05) is 11.4 Å². The van der Waals surface area contributed by atoms with Crippen molar-refractivity contribution >= 4 is 32.3 Å². The van der Waals surface area contributed by atoms with Crippen LogP contribution in [0, 0.1) is 0 Å². The third-order valence-corrected chi connectivity index (χ3v) is 4.64. The molecule has 0 aromatic heterocycles. The molecule has 1 heterocycles. The van der Waals surface area contributed by atoms with Gasteiger partial charge in [-0.05, 0) is 24.1 Å². The molecule has 3 nitrogen and oxygen atoms in total. The molecule has 4 rings (SSSR count). The van der Waals surface area contributed by atoms with Crippen molar-refractivity contribution in [1.29, 1.82) is 0 Å². The van der Waals surface area contributed by atoms with E-state index in [9.17, 15) is 3.89 Å². The smallest absolute Gasteiger partial charge is 0.255 e. The summed E-state index contributed by atoms with van der Waals surface area (Å²) in [7, 11) is -5.42. The Balaban J connectivity index is 0.000000254. The highest BCUT2D eigenvalue weighted by molar-refractivity contribution is 7.81. The molecule has 2 aromatic carbocycles. The number of hydrogen-bond donors (Lipinski definition) is 0. The summed E-state index contributed by atoms with van der Waals surface area (Å²) < 4.78 is 35.3. The molecular formula is C16H11FO3S2. The first-order valence-corrected chi connectivity index (χ1v) is 8.64. The second kappa shape index (κ2) is 5.72. The standard InChI is InChI=1S/C16H11S.FHO3S/c1-2-6-12-11(5-1)9-10-14-13-7-3-4-8-15(13)17-16(12)14;1-5(2,3)4/h1-8,10H,9H2;(H,2,3,4)/q+1;/p-1. The fraction of sp³-hybridized carbons (Fsp3) is 0.0625. The first-order chi connectivity index (χ1) is 10.4. The molecule has 0 atom stereocenters. The van der Waals surface area contributed by atoms with E-state index < -0.39 is 10.5 Å². The average Bonchev–Trinajstić information content (AvgIpc) is 2.84. The van der Waals surface area contributed by atoms with E-state index in [1.165, 1.54) is 32.0 Å². The maximum atomic E-state index is 10.1. The van der Waals surface area contributed by atoms with Gasteiger partial charge in [0.15, 0.2) is 0 Å². The SMILES string of the molecule is C1=C2C(=[S+]c3ccccc32)c2ccccc2C1.O=S(=O)([O-])F. The minimum absolute atomic E-state index is 1.06. The maximum absolute atomic E-state index is 10.1. The van der Waals surface area contributed by atoms with Crippen LogP contribution in [0.2, 0.25) is 0 Å². The molecule has 0 saturated carbocycles. The minimum atomic E-state index is -5.42. The summed E-state index contributed by atoms with van der Waals surface area (Å²) in [4.78, 5) is 2.83. The highest BCUT2D eigenvalue weighted by atomic mass is 32.3. The lowest BCUT2D eigenvalue weighted by atomic mass is 9.88. The third kappa shape index (κ3) is 3.14. The van der Waals surface area contributed by atoms with Crippen molar-refractivity contribution in [3.05, 3.63) is 71.3 Å². The highest BCUT2D eigenvalue weighted by Gasteiger charge is 2.35. The average molecular weight is 334 g/mol. The van der Waals surface area contributed by atoms with Gasteiger partial charge in [0, 0.05) is 17.2 Å². The van der Waals surface area contributed by atoms with Gasteiger partial charge in [0.2, 0.25) is 21.1 Å². The molecule has 0 amide bonds. The Bertz CT molecular complexity index is 891. The molecule has 0 unspecified atom stereocenters. The third-order valence-electron chi connectivity index (χ3n) is 3.42. The molecule has 0 fully saturated rings. The van der Waals surface area contributed by atoms with Crippen LogP contribution in [0.25, 0.3) is 5.57 Å². The van der Waals surface area contributed by atoms with Crippen LogP contribution >= 0.6 is 0 Å². The van der Waals surface area contributed by atoms with Gasteiger partial charge < -0.3 is 4.55 Å². The summed E-state index contributed by atoms with van der Waals surface area (Å²) in [6.45, 7) is 0. The highest BCUT2D eigenvalue weighted by Crippen LogP contribution is 2.35. The quantitative estimate of drug-likeness (QED) is 0.322. The molecule has 6 heteroatoms. The normalized spacial score (nSPS) is 14.6. The van der Waals surface area contributed by atoms with E-state index in [-0.39, 0.29) is 0 Å². The molecule has 2 aromatic rings. The molecule has 2 aliphatic rings. The van der Waals surface area contributed by atoms with Crippen molar-refractivity contribution in [1.82, 2.24) is 0 Å². The number of allylic oxidation sites excluding steroid dienone is 2. The topological polar surface area (TPSA) is 57.2 Å². The first-order valence-electron chi connectivity index (χ1n) is 6.52. The Labute approximate surface area is 132 Å². The van der Waals surface area contributed by atoms with E-state index >= 15 is 0 Å². The van der Waals surface area contributed by atoms with Gasteiger partial charge in [-0.1, -0.05) is 36.4 Å². The molecule has 0 N–H and O–H groups in total. The maximum Gasteiger partial charge on any atom is 0.255 e. The van der Waals surface area contributed by atoms with Crippen molar-refractivity contribution in [2.75, 3.05) is 0 Å². The predicted molar refractivity (Wildman–Crippen MR) is 85.1 cm³/mol. The number of benzene rings is 2. The zero-order valence-corrected chi connectivity index (χ0v) is 13.0. The number of rotatable bonds is 0. The van der Waals surface area contributed by atoms with Gasteiger partial charge in [0.25, 0.3) is 10.5 Å². The largest absolute Gasteiger partial charge is 0.722 e. The zero-order chi connectivity index (χ0) is 15.7. The van der Waals surface area contributed by atoms with Crippen LogP contribution in [-0.2, 0) is 28.3 Å². The molecular weight excluding hydrogens is 323 g/mol. The fourth-order valence-corrected chi connectivity index (χ4v) is 3.87. The van der Waals surface area contributed by atoms with Gasteiger partial charge in [0.1, 0.15) is 0 Å². The summed E-state index contributed by atoms with van der Waals surface area (Å²) in [5.41, 5.74) is 5.71. The van der Waals surface area contributed by atoms with Gasteiger partial charge in [-0.25, -0.2) is 8.42 Å². The van der Waals surface area contributed by atoms with Crippen LogP contribution in [0.3, 0.4) is 0 Å². The van der Waals surface area contributed by atoms with Crippen molar-refractivity contribution in [2.45, 2.75) is 11.3 Å².